The van der Waals surface area contributed by atoms with Crippen LogP contribution in [0, 0.1) is 11.8 Å². The summed E-state index contributed by atoms with van der Waals surface area (Å²) in [6.07, 6.45) is -1.54. The number of hydrogen-bond acceptors (Lipinski definition) is 19. The van der Waals surface area contributed by atoms with Gasteiger partial charge in [0.2, 0.25) is 88.6 Å². The average molecular weight is 1830 g/mol. The van der Waals surface area contributed by atoms with E-state index in [4.69, 9.17) is 5.73 Å². The zero-order chi connectivity index (χ0) is 96.4. The normalized spacial score (nSPS) is 21.6. The van der Waals surface area contributed by atoms with E-state index in [1.165, 1.54) is 93.6 Å². The Morgan fingerprint density at radius 1 is 0.417 bits per heavy atom. The van der Waals surface area contributed by atoms with Gasteiger partial charge in [0.05, 0.1) is 31.8 Å². The van der Waals surface area contributed by atoms with Gasteiger partial charge in [-0.3, -0.25) is 76.7 Å². The predicted molar refractivity (Wildman–Crippen MR) is 496 cm³/mol. The van der Waals surface area contributed by atoms with Crippen molar-refractivity contribution in [3.05, 3.63) is 228 Å². The molecule has 132 heavy (non-hydrogen) atoms. The first-order valence-electron chi connectivity index (χ1n) is 43.7. The van der Waals surface area contributed by atoms with Gasteiger partial charge in [-0.05, 0) is 93.5 Å². The quantitative estimate of drug-likeness (QED) is 0.0412. The highest BCUT2D eigenvalue weighted by Gasteiger charge is 2.42. The molecule has 1 fully saturated rings. The second kappa shape index (κ2) is 50.8. The fraction of sp³-hybridized carbons (Fsp3) is 0.402. The van der Waals surface area contributed by atoms with E-state index in [0.717, 1.165) is 37.6 Å². The van der Waals surface area contributed by atoms with Gasteiger partial charge in [0.25, 0.3) is 0 Å². The number of aliphatic carboxylic acids is 1. The molecule has 14 N–H and O–H groups in total. The van der Waals surface area contributed by atoms with Crippen LogP contribution in [0.25, 0.3) is 11.1 Å². The summed E-state index contributed by atoms with van der Waals surface area (Å²) in [7, 11) is 6.54. The molecule has 1 heterocycles. The highest BCUT2D eigenvalue weighted by molar-refractivity contribution is 8.00. The van der Waals surface area contributed by atoms with Crippen LogP contribution in [-0.2, 0) is 115 Å². The Kier molecular flexibility index (Phi) is 39.8. The molecule has 704 valence electrons. The van der Waals surface area contributed by atoms with Gasteiger partial charge in [-0.15, -0.1) is 11.8 Å². The molecule has 7 aromatic carbocycles. The number of nitrogens with zero attached hydrogens (tertiary/aromatic N) is 5. The Hall–Kier alpha value is -14.0. The van der Waals surface area contributed by atoms with Crippen LogP contribution in [0.5, 0.6) is 11.5 Å². The highest BCUT2D eigenvalue weighted by atomic mass is 32.2. The van der Waals surface area contributed by atoms with E-state index >= 15 is 43.2 Å². The second-order valence-electron chi connectivity index (χ2n) is 33.8. The number of nitrogens with one attached hydrogen (secondary N) is 9. The smallest absolute Gasteiger partial charge is 0.305 e. The lowest BCUT2D eigenvalue weighted by atomic mass is 9.98. The van der Waals surface area contributed by atoms with E-state index in [-0.39, 0.29) is 74.5 Å². The van der Waals surface area contributed by atoms with Gasteiger partial charge in [0.1, 0.15) is 78.0 Å². The molecule has 8 rings (SSSR count). The SMILES string of the molecule is CCCC[C@H]1C(=O)N(C)CC(=O)N[C@@H](CC(=O)O)C(=O)N[C@@H](C(C)C)C(=O)N(C)[C@@H](Cc2ccccc2)C(=O)N[C@@H](Cc2ccc(O)cc2)C(=O)N(C)CC(=O)N[C@@H](Cc2ccc(-c3ccccc3)cc2)C(=O)N[C@@H](Cc2ccc(O)cc2)C(=O)N[C@@H](CC(C)C)C(=O)N[C@H](C(=O)NCC(N)=O)CSCC(=O)N[C@@H](Cc2ccccc2)C(=O)N(C)[C@@H](Cc2ccccc2)C(=O)N1C. The molecule has 1 aliphatic heterocycles. The van der Waals surface area contributed by atoms with Gasteiger partial charge in [-0.1, -0.05) is 217 Å². The van der Waals surface area contributed by atoms with Crippen molar-refractivity contribution in [2.45, 2.75) is 172 Å². The summed E-state index contributed by atoms with van der Waals surface area (Å²) in [6.45, 7) is 6.18. The van der Waals surface area contributed by atoms with Crippen molar-refractivity contribution >= 4 is 106 Å². The number of rotatable bonds is 24. The number of likely N-dealkylation sites (N-methyl/N-ethyl adjacent to an activating group) is 5. The number of phenolic OH excluding ortho intramolecular Hbond substituents is 2. The van der Waals surface area contributed by atoms with Crippen LogP contribution >= 0.6 is 11.8 Å². The molecule has 1 saturated heterocycles. The van der Waals surface area contributed by atoms with Crippen LogP contribution < -0.4 is 53.6 Å². The Morgan fingerprint density at radius 3 is 1.30 bits per heavy atom. The number of benzene rings is 7. The number of phenols is 2. The van der Waals surface area contributed by atoms with Gasteiger partial charge in [-0.25, -0.2) is 0 Å². The molecule has 15 amide bonds. The molecular weight excluding hydrogens is 1710 g/mol. The minimum atomic E-state index is -1.91. The third kappa shape index (κ3) is 32.0. The average Bonchev–Trinajstić information content (AvgIpc) is 0.872. The van der Waals surface area contributed by atoms with Gasteiger partial charge in [0.15, 0.2) is 0 Å². The van der Waals surface area contributed by atoms with E-state index in [9.17, 15) is 48.9 Å². The number of thioether (sulfide) groups is 1. The van der Waals surface area contributed by atoms with Crippen LogP contribution in [0.3, 0.4) is 0 Å². The largest absolute Gasteiger partial charge is 0.508 e. The number of aromatic hydroxyl groups is 2. The molecule has 0 spiro atoms. The van der Waals surface area contributed by atoms with Crippen LogP contribution in [0.1, 0.15) is 100 Å². The van der Waals surface area contributed by atoms with Crippen LogP contribution in [-0.4, -0.2) is 267 Å². The fourth-order valence-electron chi connectivity index (χ4n) is 15.1. The molecule has 0 radical (unpaired) electrons. The lowest BCUT2D eigenvalue weighted by Crippen LogP contribution is -2.61. The van der Waals surface area contributed by atoms with Crippen molar-refractivity contribution in [1.82, 2.24) is 72.4 Å². The molecule has 0 saturated carbocycles. The minimum absolute atomic E-state index is 0.0291. The molecule has 0 aromatic heterocycles. The van der Waals surface area contributed by atoms with Crippen molar-refractivity contribution in [3.8, 4) is 22.6 Å². The van der Waals surface area contributed by atoms with Gasteiger partial charge in [-0.2, -0.15) is 0 Å². The van der Waals surface area contributed by atoms with Gasteiger partial charge >= 0.3 is 5.97 Å². The van der Waals surface area contributed by atoms with Crippen molar-refractivity contribution < 1.29 is 92.0 Å². The Balaban J connectivity index is 1.22. The number of carboxylic acid groups (broad SMARTS) is 1. The van der Waals surface area contributed by atoms with Crippen molar-refractivity contribution in [2.75, 3.05) is 66.4 Å². The van der Waals surface area contributed by atoms with Crippen molar-refractivity contribution in [2.24, 2.45) is 17.6 Å². The molecule has 34 nitrogen and oxygen atoms in total. The van der Waals surface area contributed by atoms with Gasteiger partial charge < -0.3 is 93.4 Å². The maximum absolute atomic E-state index is 15.5. The lowest BCUT2D eigenvalue weighted by molar-refractivity contribution is -0.151. The van der Waals surface area contributed by atoms with E-state index in [1.807, 2.05) is 37.3 Å². The van der Waals surface area contributed by atoms with E-state index < -0.39 is 199 Å². The topological polar surface area (TPSA) is 484 Å². The van der Waals surface area contributed by atoms with Crippen molar-refractivity contribution in [1.29, 1.82) is 0 Å². The number of hydrogen-bond donors (Lipinski definition) is 13. The van der Waals surface area contributed by atoms with Crippen LogP contribution in [0.4, 0.5) is 0 Å². The summed E-state index contributed by atoms with van der Waals surface area (Å²) in [6, 6.07) is 36.6. The third-order valence-electron chi connectivity index (χ3n) is 22.5. The molecule has 11 atom stereocenters. The number of unbranched alkanes of at least 4 members (excludes halogenated alkanes) is 1. The van der Waals surface area contributed by atoms with Crippen LogP contribution in [0.15, 0.2) is 194 Å². The number of carbonyl (C=O) groups excluding carboxylic acids is 15. The summed E-state index contributed by atoms with van der Waals surface area (Å²) in [4.78, 5) is 241. The summed E-state index contributed by atoms with van der Waals surface area (Å²) in [5, 5.41) is 55.1. The van der Waals surface area contributed by atoms with E-state index in [2.05, 4.69) is 47.9 Å². The standard InChI is InChI=1S/C97H121N15O19S/c1-11-12-33-78-95(129)109(7)56-83(117)101-74(53-85(119)120)91(125)107-86(60(4)5)97(131)111(9)79(51-62-27-19-14-20-28-62)92(126)105-75(50-66-38-44-70(114)45-39-66)93(127)108(6)55-82(116)100-72(47-64-34-40-68(41-35-64)67-31-23-16-24-32-67)89(123)104-73(48-65-36-42-69(113)43-37-65)90(124)103-71(46-59(2)3)88(122)106-77(87(121)99-54-81(98)115)57-132-58-84(118)102-76(49-61-25-17-13-18-26-61)94(128)112(10)80(96(130)110(78)8)52-63-29-21-15-22-30-63/h13-32,34-45,59-60,71-80,86,113-114H,11-12,33,46-58H2,1-10H3,(H2,98,115)(H,99,121)(H,100,116)(H,101,117)(H,102,118)(H,103,124)(H,104,123)(H,105,126)(H,106,122)(H,107,125)(H,119,120)/t71-,72-,73-,74-,75-,76-,77-,78-,79-,80-,86-/m0/s1. The molecular formula is C97H121N15O19S. The first-order valence-corrected chi connectivity index (χ1v) is 44.9. The lowest BCUT2D eigenvalue weighted by Gasteiger charge is -2.37. The number of carbonyl (C=O) groups is 16. The highest BCUT2D eigenvalue weighted by Crippen LogP contribution is 2.25. The molecule has 0 bridgehead atoms. The summed E-state index contributed by atoms with van der Waals surface area (Å²) < 4.78 is 0. The maximum atomic E-state index is 15.5. The monoisotopic (exact) mass is 1830 g/mol. The summed E-state index contributed by atoms with van der Waals surface area (Å²) in [5.74, 6) is -17.5. The number of primary amides is 1. The predicted octanol–water partition coefficient (Wildman–Crippen LogP) is 3.51. The third-order valence-corrected chi connectivity index (χ3v) is 23.5. The van der Waals surface area contributed by atoms with E-state index in [0.29, 0.717) is 46.2 Å². The summed E-state index contributed by atoms with van der Waals surface area (Å²) in [5.41, 5.74) is 10.1. The molecule has 35 heteroatoms. The number of nitrogens with two attached hydrogens (primary N) is 1. The van der Waals surface area contributed by atoms with Crippen LogP contribution in [0.2, 0.25) is 0 Å². The Bertz CT molecular complexity index is 5120. The van der Waals surface area contributed by atoms with Gasteiger partial charge in [0, 0.05) is 79.5 Å². The molecule has 1 aliphatic rings. The zero-order valence-corrected chi connectivity index (χ0v) is 76.7. The molecule has 7 aromatic rings. The first kappa shape index (κ1) is 103. The second-order valence-corrected chi connectivity index (χ2v) is 34.8. The van der Waals surface area contributed by atoms with Crippen molar-refractivity contribution in [3.63, 3.8) is 0 Å². The first-order chi connectivity index (χ1) is 62.9. The minimum Gasteiger partial charge on any atom is -0.508 e. The van der Waals surface area contributed by atoms with E-state index in [1.54, 1.807) is 143 Å². The molecule has 0 aliphatic carbocycles. The molecule has 0 unspecified atom stereocenters. The Labute approximate surface area is 772 Å². The maximum Gasteiger partial charge on any atom is 0.305 e. The zero-order valence-electron chi connectivity index (χ0n) is 75.9. The number of carboxylic acids is 1. The number of amides is 15. The Morgan fingerprint density at radius 2 is 0.811 bits per heavy atom. The summed E-state index contributed by atoms with van der Waals surface area (Å²) >= 11 is 0.829. The fourth-order valence-corrected chi connectivity index (χ4v) is 16.0.